The van der Waals surface area contributed by atoms with Crippen molar-refractivity contribution in [3.05, 3.63) is 105 Å². The number of likely N-dealkylation sites (tertiary alicyclic amines) is 1. The van der Waals surface area contributed by atoms with Crippen molar-refractivity contribution in [1.82, 2.24) is 4.90 Å². The molecule has 156 valence electrons. The molecule has 1 N–H and O–H groups in total. The van der Waals surface area contributed by atoms with Gasteiger partial charge in [0.25, 0.3) is 17.4 Å². The molecule has 3 aromatic rings. The summed E-state index contributed by atoms with van der Waals surface area (Å²) >= 11 is 5.98. The molecule has 1 atom stereocenters. The van der Waals surface area contributed by atoms with E-state index in [4.69, 9.17) is 16.0 Å². The first-order valence-corrected chi connectivity index (χ1v) is 9.55. The zero-order valence-corrected chi connectivity index (χ0v) is 16.7. The highest BCUT2D eigenvalue weighted by Gasteiger charge is 2.46. The lowest BCUT2D eigenvalue weighted by atomic mass is 9.95. The quantitative estimate of drug-likeness (QED) is 0.207. The maximum atomic E-state index is 12.9. The van der Waals surface area contributed by atoms with Crippen LogP contribution in [0.15, 0.2) is 76.9 Å². The molecule has 0 radical (unpaired) electrons. The molecule has 1 aliphatic rings. The Morgan fingerprint density at radius 1 is 1.13 bits per heavy atom. The van der Waals surface area contributed by atoms with Crippen molar-refractivity contribution in [2.24, 2.45) is 0 Å². The zero-order chi connectivity index (χ0) is 22.1. The number of hydrogen-bond acceptors (Lipinski definition) is 6. The van der Waals surface area contributed by atoms with Gasteiger partial charge in [-0.15, -0.1) is 0 Å². The number of furan rings is 1. The van der Waals surface area contributed by atoms with Crippen LogP contribution in [0.4, 0.5) is 5.69 Å². The van der Waals surface area contributed by atoms with Crippen LogP contribution >= 0.6 is 11.6 Å². The monoisotopic (exact) mass is 438 g/mol. The van der Waals surface area contributed by atoms with Gasteiger partial charge in [-0.05, 0) is 29.8 Å². The molecule has 9 heteroatoms. The molecule has 1 aromatic heterocycles. The highest BCUT2D eigenvalue weighted by Crippen LogP contribution is 2.40. The number of rotatable bonds is 5. The number of benzene rings is 2. The van der Waals surface area contributed by atoms with Gasteiger partial charge in [0.15, 0.2) is 0 Å². The standard InChI is InChI=1S/C22H15ClN2O6/c23-15-8-6-13(7-9-15)19-18(20(26)14-3-1-4-16(11-14)25(29)30)21(27)22(28)24(19)12-17-5-2-10-31-17/h1-11,19,26H,12H2/b20-18-. The predicted molar refractivity (Wildman–Crippen MR) is 111 cm³/mol. The van der Waals surface area contributed by atoms with Crippen molar-refractivity contribution in [2.75, 3.05) is 0 Å². The summed E-state index contributed by atoms with van der Waals surface area (Å²) in [4.78, 5) is 37.6. The predicted octanol–water partition coefficient (Wildman–Crippen LogP) is 4.46. The Hall–Kier alpha value is -3.91. The van der Waals surface area contributed by atoms with Gasteiger partial charge in [-0.25, -0.2) is 0 Å². The fourth-order valence-electron chi connectivity index (χ4n) is 3.53. The van der Waals surface area contributed by atoms with Crippen molar-refractivity contribution in [3.63, 3.8) is 0 Å². The number of aliphatic hydroxyl groups excluding tert-OH is 1. The van der Waals surface area contributed by atoms with Gasteiger partial charge in [0, 0.05) is 22.7 Å². The number of hydrogen-bond donors (Lipinski definition) is 1. The van der Waals surface area contributed by atoms with Gasteiger partial charge in [-0.3, -0.25) is 19.7 Å². The van der Waals surface area contributed by atoms with Crippen LogP contribution < -0.4 is 0 Å². The molecule has 1 unspecified atom stereocenters. The third-order valence-corrected chi connectivity index (χ3v) is 5.21. The van der Waals surface area contributed by atoms with E-state index < -0.39 is 28.4 Å². The second-order valence-electron chi connectivity index (χ2n) is 6.87. The fourth-order valence-corrected chi connectivity index (χ4v) is 3.65. The Morgan fingerprint density at radius 3 is 2.52 bits per heavy atom. The minimum Gasteiger partial charge on any atom is -0.507 e. The molecule has 0 bridgehead atoms. The fraction of sp³-hybridized carbons (Fsp3) is 0.0909. The number of ketones is 1. The molecule has 4 rings (SSSR count). The van der Waals surface area contributed by atoms with Crippen LogP contribution in [0.2, 0.25) is 5.02 Å². The molecule has 1 fully saturated rings. The summed E-state index contributed by atoms with van der Waals surface area (Å²) in [5.41, 5.74) is 0.183. The lowest BCUT2D eigenvalue weighted by Crippen LogP contribution is -2.29. The maximum Gasteiger partial charge on any atom is 0.296 e. The second-order valence-corrected chi connectivity index (χ2v) is 7.30. The van der Waals surface area contributed by atoms with E-state index in [2.05, 4.69) is 0 Å². The van der Waals surface area contributed by atoms with E-state index in [-0.39, 0.29) is 23.4 Å². The summed E-state index contributed by atoms with van der Waals surface area (Å²) in [5, 5.41) is 22.5. The molecule has 1 saturated heterocycles. The van der Waals surface area contributed by atoms with Crippen LogP contribution in [0.5, 0.6) is 0 Å². The van der Waals surface area contributed by atoms with E-state index in [9.17, 15) is 24.8 Å². The summed E-state index contributed by atoms with van der Waals surface area (Å²) < 4.78 is 5.32. The Morgan fingerprint density at radius 2 is 1.87 bits per heavy atom. The van der Waals surface area contributed by atoms with Crippen LogP contribution in [-0.4, -0.2) is 26.6 Å². The molecule has 2 aromatic carbocycles. The first kappa shape index (κ1) is 20.4. The summed E-state index contributed by atoms with van der Waals surface area (Å²) in [5.74, 6) is -1.75. The Labute approximate surface area is 181 Å². The van der Waals surface area contributed by atoms with Crippen molar-refractivity contribution in [1.29, 1.82) is 0 Å². The number of Topliss-reactive ketones (excluding diaryl/α,β-unsaturated/α-hetero) is 1. The van der Waals surface area contributed by atoms with Crippen LogP contribution in [0.3, 0.4) is 0 Å². The average molecular weight is 439 g/mol. The Bertz CT molecular complexity index is 1200. The summed E-state index contributed by atoms with van der Waals surface area (Å²) in [6, 6.07) is 14.1. The Balaban J connectivity index is 1.87. The third-order valence-electron chi connectivity index (χ3n) is 4.96. The number of halogens is 1. The number of carbonyl (C=O) groups is 2. The highest BCUT2D eigenvalue weighted by molar-refractivity contribution is 6.46. The SMILES string of the molecule is O=C1C(=O)N(Cc2ccco2)C(c2ccc(Cl)cc2)/C1=C(/O)c1cccc([N+](=O)[O-])c1. The van der Waals surface area contributed by atoms with E-state index in [0.29, 0.717) is 16.3 Å². The lowest BCUT2D eigenvalue weighted by Gasteiger charge is -2.24. The largest absolute Gasteiger partial charge is 0.507 e. The van der Waals surface area contributed by atoms with Crippen LogP contribution in [0, 0.1) is 10.1 Å². The molecule has 2 heterocycles. The zero-order valence-electron chi connectivity index (χ0n) is 15.9. The van der Waals surface area contributed by atoms with Gasteiger partial charge >= 0.3 is 0 Å². The van der Waals surface area contributed by atoms with Gasteiger partial charge in [0.05, 0.1) is 29.3 Å². The molecular formula is C22H15ClN2O6. The van der Waals surface area contributed by atoms with Crippen molar-refractivity contribution >= 4 is 34.7 Å². The second kappa shape index (κ2) is 8.08. The first-order chi connectivity index (χ1) is 14.9. The highest BCUT2D eigenvalue weighted by atomic mass is 35.5. The molecule has 8 nitrogen and oxygen atoms in total. The molecule has 31 heavy (non-hydrogen) atoms. The van der Waals surface area contributed by atoms with E-state index in [0.717, 1.165) is 6.07 Å². The third kappa shape index (κ3) is 3.80. The Kier molecular flexibility index (Phi) is 5.31. The molecule has 1 amide bonds. The first-order valence-electron chi connectivity index (χ1n) is 9.18. The summed E-state index contributed by atoms with van der Waals surface area (Å²) in [6.07, 6.45) is 1.45. The van der Waals surface area contributed by atoms with Gasteiger partial charge in [0.1, 0.15) is 11.5 Å². The normalized spacial score (nSPS) is 17.8. The van der Waals surface area contributed by atoms with E-state index in [1.54, 1.807) is 36.4 Å². The summed E-state index contributed by atoms with van der Waals surface area (Å²) in [7, 11) is 0. The number of carbonyl (C=O) groups excluding carboxylic acids is 2. The minimum absolute atomic E-state index is 0.00339. The van der Waals surface area contributed by atoms with Crippen LogP contribution in [0.25, 0.3) is 5.76 Å². The number of nitro benzene ring substituents is 1. The van der Waals surface area contributed by atoms with Gasteiger partial charge in [0.2, 0.25) is 0 Å². The molecular weight excluding hydrogens is 424 g/mol. The topological polar surface area (TPSA) is 114 Å². The number of nitro groups is 1. The number of nitrogens with zero attached hydrogens (tertiary/aromatic N) is 2. The molecule has 1 aliphatic heterocycles. The van der Waals surface area contributed by atoms with Crippen LogP contribution in [-0.2, 0) is 16.1 Å². The smallest absolute Gasteiger partial charge is 0.296 e. The summed E-state index contributed by atoms with van der Waals surface area (Å²) in [6.45, 7) is -0.00339. The van der Waals surface area contributed by atoms with Crippen molar-refractivity contribution in [2.45, 2.75) is 12.6 Å². The molecule has 0 spiro atoms. The van der Waals surface area contributed by atoms with Gasteiger partial charge in [-0.2, -0.15) is 0 Å². The van der Waals surface area contributed by atoms with Crippen molar-refractivity contribution in [3.8, 4) is 0 Å². The maximum absolute atomic E-state index is 12.9. The van der Waals surface area contributed by atoms with E-state index in [1.807, 2.05) is 0 Å². The van der Waals surface area contributed by atoms with E-state index >= 15 is 0 Å². The molecule has 0 saturated carbocycles. The number of non-ortho nitro benzene ring substituents is 1. The number of amides is 1. The average Bonchev–Trinajstić information content (AvgIpc) is 3.36. The minimum atomic E-state index is -0.929. The van der Waals surface area contributed by atoms with E-state index in [1.165, 1.54) is 29.4 Å². The van der Waals surface area contributed by atoms with Gasteiger partial charge < -0.3 is 14.4 Å². The lowest BCUT2D eigenvalue weighted by molar-refractivity contribution is -0.384. The van der Waals surface area contributed by atoms with Gasteiger partial charge in [-0.1, -0.05) is 35.9 Å². The van der Waals surface area contributed by atoms with Crippen LogP contribution in [0.1, 0.15) is 22.9 Å². The number of aliphatic hydroxyl groups is 1. The van der Waals surface area contributed by atoms with Crippen molar-refractivity contribution < 1.29 is 24.0 Å². The molecule has 0 aliphatic carbocycles.